The summed E-state index contributed by atoms with van der Waals surface area (Å²) in [5.41, 5.74) is 5.55. The van der Waals surface area contributed by atoms with Gasteiger partial charge in [-0.1, -0.05) is 22.0 Å². The smallest absolute Gasteiger partial charge is 0.240 e. The van der Waals surface area contributed by atoms with E-state index >= 15 is 0 Å². The van der Waals surface area contributed by atoms with E-state index < -0.39 is 24.7 Å². The lowest BCUT2D eigenvalue weighted by Crippen LogP contribution is -2.16. The Bertz CT molecular complexity index is 302. The molecule has 0 aliphatic rings. The molecule has 0 amide bonds. The molecule has 0 unspecified atom stereocenters. The van der Waals surface area contributed by atoms with Crippen LogP contribution in [0.4, 0.5) is 13.2 Å². The molecule has 86 valence electrons. The fraction of sp³-hybridized carbons (Fsp3) is 0.333. The summed E-state index contributed by atoms with van der Waals surface area (Å²) in [7, 11) is 0. The minimum absolute atomic E-state index is 0. The van der Waals surface area contributed by atoms with Crippen molar-refractivity contribution >= 4 is 28.3 Å². The topological polar surface area (TPSA) is 26.0 Å². The van der Waals surface area contributed by atoms with E-state index in [1.807, 2.05) is 0 Å². The second kappa shape index (κ2) is 6.35. The Balaban J connectivity index is 0.00000196. The summed E-state index contributed by atoms with van der Waals surface area (Å²) < 4.78 is 37.7. The molecule has 0 aromatic heterocycles. The van der Waals surface area contributed by atoms with Crippen molar-refractivity contribution in [1.29, 1.82) is 0 Å². The summed E-state index contributed by atoms with van der Waals surface area (Å²) in [6.45, 7) is 0. The van der Waals surface area contributed by atoms with Gasteiger partial charge in [0.25, 0.3) is 0 Å². The van der Waals surface area contributed by atoms with Crippen molar-refractivity contribution in [2.45, 2.75) is 18.9 Å². The van der Waals surface area contributed by atoms with Gasteiger partial charge in [-0.05, 0) is 12.1 Å². The fourth-order valence-corrected chi connectivity index (χ4v) is 1.81. The molecule has 0 saturated heterocycles. The summed E-state index contributed by atoms with van der Waals surface area (Å²) in [5, 5.41) is 0. The maximum absolute atomic E-state index is 13.2. The van der Waals surface area contributed by atoms with Gasteiger partial charge in [-0.25, -0.2) is 13.2 Å². The molecule has 0 bridgehead atoms. The lowest BCUT2D eigenvalue weighted by atomic mass is 10.0. The van der Waals surface area contributed by atoms with Crippen LogP contribution in [0.3, 0.4) is 0 Å². The third-order valence-corrected chi connectivity index (χ3v) is 2.49. The van der Waals surface area contributed by atoms with Gasteiger partial charge in [0.05, 0.1) is 0 Å². The Morgan fingerprint density at radius 1 is 1.33 bits per heavy atom. The lowest BCUT2D eigenvalue weighted by molar-refractivity contribution is 0.128. The summed E-state index contributed by atoms with van der Waals surface area (Å²) in [5.74, 6) is -0.562. The molecule has 0 fully saturated rings. The zero-order valence-electron chi connectivity index (χ0n) is 7.59. The highest BCUT2D eigenvalue weighted by molar-refractivity contribution is 9.10. The van der Waals surface area contributed by atoms with Crippen LogP contribution in [0.2, 0.25) is 0 Å². The number of benzene rings is 1. The zero-order valence-corrected chi connectivity index (χ0v) is 9.99. The van der Waals surface area contributed by atoms with Crippen molar-refractivity contribution in [3.8, 4) is 0 Å². The van der Waals surface area contributed by atoms with Gasteiger partial charge in [-0.3, -0.25) is 0 Å². The summed E-state index contributed by atoms with van der Waals surface area (Å²) in [6, 6.07) is 3.28. The van der Waals surface area contributed by atoms with Crippen LogP contribution in [0, 0.1) is 5.82 Å². The maximum Gasteiger partial charge on any atom is 0.240 e. The molecule has 1 aromatic rings. The highest BCUT2D eigenvalue weighted by atomic mass is 79.9. The Kier molecular flexibility index (Phi) is 6.24. The highest BCUT2D eigenvalue weighted by Crippen LogP contribution is 2.28. The Labute approximate surface area is 100 Å². The molecule has 2 N–H and O–H groups in total. The van der Waals surface area contributed by atoms with Crippen molar-refractivity contribution in [3.05, 3.63) is 34.1 Å². The number of hydrogen-bond acceptors (Lipinski definition) is 1. The van der Waals surface area contributed by atoms with E-state index in [9.17, 15) is 13.2 Å². The first-order valence-electron chi connectivity index (χ1n) is 4.00. The third-order valence-electron chi connectivity index (χ3n) is 1.80. The molecule has 0 spiro atoms. The predicted octanol–water partition coefficient (Wildman–Crippen LogP) is 3.67. The zero-order chi connectivity index (χ0) is 10.7. The highest BCUT2D eigenvalue weighted by Gasteiger charge is 2.18. The average molecular weight is 305 g/mol. The first-order valence-corrected chi connectivity index (χ1v) is 4.79. The summed E-state index contributed by atoms with van der Waals surface area (Å²) in [4.78, 5) is 0. The van der Waals surface area contributed by atoms with Crippen LogP contribution in [0.5, 0.6) is 0 Å². The minimum Gasteiger partial charge on any atom is -0.324 e. The Hall–Kier alpha value is -0.260. The monoisotopic (exact) mass is 303 g/mol. The van der Waals surface area contributed by atoms with E-state index in [2.05, 4.69) is 15.9 Å². The Morgan fingerprint density at radius 2 is 1.93 bits per heavy atom. The van der Waals surface area contributed by atoms with Gasteiger partial charge in [0.1, 0.15) is 5.82 Å². The number of hydrogen-bond donors (Lipinski definition) is 1. The fourth-order valence-electron chi connectivity index (χ4n) is 1.17. The van der Waals surface area contributed by atoms with Crippen LogP contribution in [0.15, 0.2) is 22.7 Å². The van der Waals surface area contributed by atoms with E-state index in [4.69, 9.17) is 5.73 Å². The summed E-state index contributed by atoms with van der Waals surface area (Å²) in [6.07, 6.45) is -3.07. The van der Waals surface area contributed by atoms with E-state index in [1.165, 1.54) is 12.1 Å². The van der Waals surface area contributed by atoms with E-state index in [-0.39, 0.29) is 18.0 Å². The second-order valence-corrected chi connectivity index (χ2v) is 3.72. The number of halogens is 5. The van der Waals surface area contributed by atoms with Gasteiger partial charge in [-0.2, -0.15) is 0 Å². The van der Waals surface area contributed by atoms with Crippen molar-refractivity contribution < 1.29 is 13.2 Å². The van der Waals surface area contributed by atoms with Crippen LogP contribution in [0.1, 0.15) is 18.0 Å². The molecule has 0 aliphatic carbocycles. The van der Waals surface area contributed by atoms with E-state index in [0.29, 0.717) is 4.47 Å². The molecule has 1 aromatic carbocycles. The van der Waals surface area contributed by atoms with Crippen molar-refractivity contribution in [2.75, 3.05) is 0 Å². The Morgan fingerprint density at radius 3 is 2.40 bits per heavy atom. The van der Waals surface area contributed by atoms with Crippen LogP contribution >= 0.6 is 28.3 Å². The minimum atomic E-state index is -2.53. The van der Waals surface area contributed by atoms with Crippen molar-refractivity contribution in [1.82, 2.24) is 0 Å². The normalized spacial score (nSPS) is 12.4. The lowest BCUT2D eigenvalue weighted by Gasteiger charge is -2.13. The molecule has 15 heavy (non-hydrogen) atoms. The van der Waals surface area contributed by atoms with Crippen LogP contribution in [-0.2, 0) is 0 Å². The van der Waals surface area contributed by atoms with Crippen molar-refractivity contribution in [3.63, 3.8) is 0 Å². The van der Waals surface area contributed by atoms with Gasteiger partial charge >= 0.3 is 0 Å². The van der Waals surface area contributed by atoms with Crippen LogP contribution in [-0.4, -0.2) is 6.43 Å². The maximum atomic E-state index is 13.2. The molecule has 0 heterocycles. The largest absolute Gasteiger partial charge is 0.324 e. The van der Waals surface area contributed by atoms with Gasteiger partial charge in [-0.15, -0.1) is 12.4 Å². The molecular weight excluding hydrogens is 294 g/mol. The van der Waals surface area contributed by atoms with Crippen LogP contribution < -0.4 is 5.73 Å². The number of alkyl halides is 2. The van der Waals surface area contributed by atoms with Gasteiger partial charge in [0, 0.05) is 22.5 Å². The van der Waals surface area contributed by atoms with Gasteiger partial charge in [0.15, 0.2) is 0 Å². The molecule has 1 atom stereocenters. The predicted molar refractivity (Wildman–Crippen MR) is 58.9 cm³/mol. The van der Waals surface area contributed by atoms with Crippen molar-refractivity contribution in [2.24, 2.45) is 5.73 Å². The first kappa shape index (κ1) is 14.7. The standard InChI is InChI=1S/C9H9BrF3N.ClH/c10-5-2-1-3-6(11)9(5)7(14)4-8(12)13;/h1-3,7-8H,4,14H2;1H/t7-;/m0./s1. The molecule has 6 heteroatoms. The van der Waals surface area contributed by atoms with Crippen LogP contribution in [0.25, 0.3) is 0 Å². The molecule has 0 saturated carbocycles. The number of nitrogens with two attached hydrogens (primary N) is 1. The quantitative estimate of drug-likeness (QED) is 0.906. The molecule has 0 radical (unpaired) electrons. The molecule has 1 nitrogen and oxygen atoms in total. The molecular formula is C9H10BrClF3N. The second-order valence-electron chi connectivity index (χ2n) is 2.87. The summed E-state index contributed by atoms with van der Waals surface area (Å²) >= 11 is 3.07. The van der Waals surface area contributed by atoms with Gasteiger partial charge in [0.2, 0.25) is 6.43 Å². The molecule has 1 rings (SSSR count). The first-order chi connectivity index (χ1) is 6.52. The number of rotatable bonds is 3. The molecule has 0 aliphatic heterocycles. The van der Waals surface area contributed by atoms with E-state index in [0.717, 1.165) is 0 Å². The SMILES string of the molecule is Cl.N[C@@H](CC(F)F)c1c(F)cccc1Br. The third kappa shape index (κ3) is 4.01. The van der Waals surface area contributed by atoms with E-state index in [1.54, 1.807) is 6.07 Å². The average Bonchev–Trinajstić information content (AvgIpc) is 2.01. The van der Waals surface area contributed by atoms with Gasteiger partial charge < -0.3 is 5.73 Å².